The molecule has 5 nitrogen and oxygen atoms in total. The minimum absolute atomic E-state index is 0.0955. The highest BCUT2D eigenvalue weighted by atomic mass is 19.4. The Labute approximate surface area is 119 Å². The smallest absolute Gasteiger partial charge is 0.384 e. The van der Waals surface area contributed by atoms with E-state index in [4.69, 9.17) is 5.73 Å². The lowest BCUT2D eigenvalue weighted by Crippen LogP contribution is -2.22. The minimum atomic E-state index is -4.63. The number of pyridine rings is 1. The van der Waals surface area contributed by atoms with Gasteiger partial charge in [-0.1, -0.05) is 6.07 Å². The van der Waals surface area contributed by atoms with Crippen molar-refractivity contribution in [2.45, 2.75) is 19.6 Å². The summed E-state index contributed by atoms with van der Waals surface area (Å²) in [6.07, 6.45) is -4.63. The zero-order valence-corrected chi connectivity index (χ0v) is 11.5. The molecule has 0 fully saturated rings. The first kappa shape index (κ1) is 15.0. The molecule has 0 aliphatic carbocycles. The zero-order chi connectivity index (χ0) is 15.6. The standard InChI is InChI=1S/C13H14F3N5/c1-8-4-3-5-9(18-8)7-21(2)11-6-10(17)19-12(20-11)13(14,15)16/h3-6H,7H2,1-2H3,(H2,17,19,20). The topological polar surface area (TPSA) is 67.9 Å². The Balaban J connectivity index is 2.27. The van der Waals surface area contributed by atoms with E-state index in [2.05, 4.69) is 15.0 Å². The van der Waals surface area contributed by atoms with Gasteiger partial charge in [0, 0.05) is 18.8 Å². The molecule has 0 radical (unpaired) electrons. The molecule has 0 aliphatic heterocycles. The second-order valence-electron chi connectivity index (χ2n) is 4.60. The first-order valence-corrected chi connectivity index (χ1v) is 6.11. The van der Waals surface area contributed by atoms with Gasteiger partial charge < -0.3 is 10.6 Å². The highest BCUT2D eigenvalue weighted by Gasteiger charge is 2.35. The van der Waals surface area contributed by atoms with Crippen LogP contribution >= 0.6 is 0 Å². The van der Waals surface area contributed by atoms with Gasteiger partial charge in [-0.05, 0) is 19.1 Å². The van der Waals surface area contributed by atoms with Gasteiger partial charge in [-0.15, -0.1) is 0 Å². The summed E-state index contributed by atoms with van der Waals surface area (Å²) < 4.78 is 38.0. The van der Waals surface area contributed by atoms with E-state index in [1.54, 1.807) is 13.1 Å². The molecule has 2 N–H and O–H groups in total. The third-order valence-corrected chi connectivity index (χ3v) is 2.72. The van der Waals surface area contributed by atoms with E-state index in [9.17, 15) is 13.2 Å². The van der Waals surface area contributed by atoms with Crippen molar-refractivity contribution in [2.24, 2.45) is 0 Å². The Hall–Kier alpha value is -2.38. The Bertz CT molecular complexity index is 642. The molecule has 0 aromatic carbocycles. The number of rotatable bonds is 3. The van der Waals surface area contributed by atoms with Crippen LogP contribution in [-0.4, -0.2) is 22.0 Å². The van der Waals surface area contributed by atoms with E-state index in [1.165, 1.54) is 11.0 Å². The van der Waals surface area contributed by atoms with Crippen molar-refractivity contribution in [1.29, 1.82) is 0 Å². The molecule has 0 amide bonds. The zero-order valence-electron chi connectivity index (χ0n) is 11.5. The van der Waals surface area contributed by atoms with Crippen molar-refractivity contribution < 1.29 is 13.2 Å². The fourth-order valence-corrected chi connectivity index (χ4v) is 1.79. The van der Waals surface area contributed by atoms with E-state index in [-0.39, 0.29) is 11.6 Å². The van der Waals surface area contributed by atoms with Crippen molar-refractivity contribution in [1.82, 2.24) is 15.0 Å². The van der Waals surface area contributed by atoms with E-state index < -0.39 is 12.0 Å². The van der Waals surface area contributed by atoms with Gasteiger partial charge in [0.15, 0.2) is 0 Å². The van der Waals surface area contributed by atoms with Crippen LogP contribution in [0.3, 0.4) is 0 Å². The number of halogens is 3. The van der Waals surface area contributed by atoms with Crippen LogP contribution in [0.25, 0.3) is 0 Å². The molecule has 2 heterocycles. The molecule has 0 unspecified atom stereocenters. The number of nitrogens with two attached hydrogens (primary N) is 1. The van der Waals surface area contributed by atoms with E-state index in [1.807, 2.05) is 19.1 Å². The summed E-state index contributed by atoms with van der Waals surface area (Å²) in [6, 6.07) is 6.76. The molecule has 0 saturated heterocycles. The number of nitrogens with zero attached hydrogens (tertiary/aromatic N) is 4. The number of aryl methyl sites for hydroxylation is 1. The fraction of sp³-hybridized carbons (Fsp3) is 0.308. The number of anilines is 2. The van der Waals surface area contributed by atoms with E-state index in [0.29, 0.717) is 6.54 Å². The molecule has 0 spiro atoms. The summed E-state index contributed by atoms with van der Waals surface area (Å²) >= 11 is 0. The van der Waals surface area contributed by atoms with Gasteiger partial charge in [0.2, 0.25) is 5.82 Å². The number of hydrogen-bond acceptors (Lipinski definition) is 5. The molecular formula is C13H14F3N5. The Morgan fingerprint density at radius 1 is 1.19 bits per heavy atom. The summed E-state index contributed by atoms with van der Waals surface area (Å²) in [4.78, 5) is 12.5. The van der Waals surface area contributed by atoms with Crippen molar-refractivity contribution in [3.8, 4) is 0 Å². The van der Waals surface area contributed by atoms with Crippen molar-refractivity contribution in [3.05, 3.63) is 41.5 Å². The molecule has 2 aromatic rings. The maximum absolute atomic E-state index is 12.7. The molecule has 8 heteroatoms. The average molecular weight is 297 g/mol. The number of alkyl halides is 3. The molecule has 2 rings (SSSR count). The van der Waals surface area contributed by atoms with Crippen LogP contribution in [0.2, 0.25) is 0 Å². The predicted octanol–water partition coefficient (Wildman–Crippen LogP) is 2.42. The summed E-state index contributed by atoms with van der Waals surface area (Å²) in [7, 11) is 1.62. The summed E-state index contributed by atoms with van der Waals surface area (Å²) in [5, 5.41) is 0. The molecule has 0 atom stereocenters. The molecule has 2 aromatic heterocycles. The maximum atomic E-state index is 12.7. The lowest BCUT2D eigenvalue weighted by atomic mass is 10.3. The molecule has 21 heavy (non-hydrogen) atoms. The second kappa shape index (κ2) is 5.55. The highest BCUT2D eigenvalue weighted by molar-refractivity contribution is 5.46. The van der Waals surface area contributed by atoms with Gasteiger partial charge in [0.25, 0.3) is 0 Å². The van der Waals surface area contributed by atoms with Crippen molar-refractivity contribution in [2.75, 3.05) is 17.7 Å². The third-order valence-electron chi connectivity index (χ3n) is 2.72. The van der Waals surface area contributed by atoms with Crippen LogP contribution in [-0.2, 0) is 12.7 Å². The fourth-order valence-electron chi connectivity index (χ4n) is 1.79. The van der Waals surface area contributed by atoms with Crippen LogP contribution in [0.4, 0.5) is 24.8 Å². The van der Waals surface area contributed by atoms with Crippen molar-refractivity contribution >= 4 is 11.6 Å². The van der Waals surface area contributed by atoms with Gasteiger partial charge in [-0.25, -0.2) is 9.97 Å². The van der Waals surface area contributed by atoms with Gasteiger partial charge >= 0.3 is 6.18 Å². The summed E-state index contributed by atoms with van der Waals surface area (Å²) in [5.74, 6) is -1.38. The Morgan fingerprint density at radius 3 is 2.52 bits per heavy atom. The SMILES string of the molecule is Cc1cccc(CN(C)c2cc(N)nc(C(F)(F)F)n2)n1. The largest absolute Gasteiger partial charge is 0.451 e. The normalized spacial score (nSPS) is 11.5. The van der Waals surface area contributed by atoms with E-state index in [0.717, 1.165) is 11.4 Å². The van der Waals surface area contributed by atoms with Gasteiger partial charge in [0.1, 0.15) is 11.6 Å². The van der Waals surface area contributed by atoms with Crippen LogP contribution in [0.15, 0.2) is 24.3 Å². The van der Waals surface area contributed by atoms with Crippen LogP contribution in [0, 0.1) is 6.92 Å². The third kappa shape index (κ3) is 3.80. The molecule has 0 saturated carbocycles. The molecule has 0 aliphatic rings. The van der Waals surface area contributed by atoms with Gasteiger partial charge in [-0.2, -0.15) is 13.2 Å². The summed E-state index contributed by atoms with van der Waals surface area (Å²) in [5.41, 5.74) is 6.98. The lowest BCUT2D eigenvalue weighted by Gasteiger charge is -2.19. The van der Waals surface area contributed by atoms with E-state index >= 15 is 0 Å². The lowest BCUT2D eigenvalue weighted by molar-refractivity contribution is -0.144. The number of nitrogen functional groups attached to an aromatic ring is 1. The minimum Gasteiger partial charge on any atom is -0.384 e. The van der Waals surface area contributed by atoms with Crippen LogP contribution in [0.5, 0.6) is 0 Å². The average Bonchev–Trinajstić information content (AvgIpc) is 2.37. The van der Waals surface area contributed by atoms with Crippen LogP contribution < -0.4 is 10.6 Å². The van der Waals surface area contributed by atoms with Crippen molar-refractivity contribution in [3.63, 3.8) is 0 Å². The number of hydrogen-bond donors (Lipinski definition) is 1. The van der Waals surface area contributed by atoms with Gasteiger partial charge in [-0.3, -0.25) is 4.98 Å². The Kier molecular flexibility index (Phi) is 3.97. The molecular weight excluding hydrogens is 283 g/mol. The first-order valence-electron chi connectivity index (χ1n) is 6.11. The van der Waals surface area contributed by atoms with Gasteiger partial charge in [0.05, 0.1) is 12.2 Å². The quantitative estimate of drug-likeness (QED) is 0.942. The molecule has 112 valence electrons. The Morgan fingerprint density at radius 2 is 1.90 bits per heavy atom. The molecule has 0 bridgehead atoms. The summed E-state index contributed by atoms with van der Waals surface area (Å²) in [6.45, 7) is 2.16. The highest BCUT2D eigenvalue weighted by Crippen LogP contribution is 2.28. The second-order valence-corrected chi connectivity index (χ2v) is 4.60. The number of aromatic nitrogens is 3. The first-order chi connectivity index (χ1) is 9.75. The monoisotopic (exact) mass is 297 g/mol. The predicted molar refractivity (Wildman–Crippen MR) is 72.5 cm³/mol. The maximum Gasteiger partial charge on any atom is 0.451 e. The van der Waals surface area contributed by atoms with Crippen LogP contribution in [0.1, 0.15) is 17.2 Å².